The van der Waals surface area contributed by atoms with Crippen molar-refractivity contribution in [1.82, 2.24) is 15.3 Å². The van der Waals surface area contributed by atoms with Crippen LogP contribution in [-0.2, 0) is 9.57 Å². The van der Waals surface area contributed by atoms with E-state index in [1.54, 1.807) is 37.3 Å². The molecule has 2 aromatic carbocycles. The van der Waals surface area contributed by atoms with Gasteiger partial charge in [-0.1, -0.05) is 22.4 Å². The highest BCUT2D eigenvalue weighted by molar-refractivity contribution is 5.99. The number of esters is 1. The minimum absolute atomic E-state index is 0.0747. The third-order valence-electron chi connectivity index (χ3n) is 4.88. The molecule has 0 aliphatic heterocycles. The van der Waals surface area contributed by atoms with E-state index in [2.05, 4.69) is 20.5 Å². The van der Waals surface area contributed by atoms with Crippen molar-refractivity contribution < 1.29 is 32.5 Å². The summed E-state index contributed by atoms with van der Waals surface area (Å²) in [5.74, 6) is 0.392. The highest BCUT2D eigenvalue weighted by Crippen LogP contribution is 2.26. The predicted molar refractivity (Wildman–Crippen MR) is 126 cm³/mol. The summed E-state index contributed by atoms with van der Waals surface area (Å²) in [7, 11) is 1.28. The van der Waals surface area contributed by atoms with Gasteiger partial charge in [0.2, 0.25) is 0 Å². The highest BCUT2D eigenvalue weighted by atomic mass is 19.1. The molecule has 4 aromatic rings. The van der Waals surface area contributed by atoms with Crippen LogP contribution in [0.1, 0.15) is 35.3 Å². The minimum Gasteiger partial charge on any atom is -0.487 e. The van der Waals surface area contributed by atoms with Crippen LogP contribution in [0.2, 0.25) is 0 Å². The zero-order chi connectivity index (χ0) is 25.5. The molecule has 0 unspecified atom stereocenters. The summed E-state index contributed by atoms with van der Waals surface area (Å²) in [6.07, 6.45) is 0.753. The van der Waals surface area contributed by atoms with Crippen LogP contribution in [0, 0.1) is 12.7 Å². The molecule has 4 rings (SSSR count). The molecule has 0 fully saturated rings. The highest BCUT2D eigenvalue weighted by Gasteiger charge is 2.18. The average Bonchev–Trinajstić information content (AvgIpc) is 3.55. The first-order valence-electron chi connectivity index (χ1n) is 11.1. The van der Waals surface area contributed by atoms with E-state index < -0.39 is 5.97 Å². The second kappa shape index (κ2) is 11.3. The molecule has 0 amide bonds. The van der Waals surface area contributed by atoms with Crippen molar-refractivity contribution in [3.8, 4) is 28.5 Å². The van der Waals surface area contributed by atoms with Crippen molar-refractivity contribution in [2.24, 2.45) is 5.16 Å². The summed E-state index contributed by atoms with van der Waals surface area (Å²) in [4.78, 5) is 21.8. The molecule has 186 valence electrons. The van der Waals surface area contributed by atoms with E-state index in [-0.39, 0.29) is 23.9 Å². The molecule has 10 nitrogen and oxygen atoms in total. The van der Waals surface area contributed by atoms with Crippen LogP contribution in [-0.4, -0.2) is 47.3 Å². The van der Waals surface area contributed by atoms with E-state index in [0.29, 0.717) is 46.5 Å². The van der Waals surface area contributed by atoms with Crippen LogP contribution in [0.25, 0.3) is 22.7 Å². The number of aromatic nitrogens is 3. The van der Waals surface area contributed by atoms with Crippen LogP contribution < -0.4 is 4.74 Å². The standard InChI is InChI=1S/C25H23FN4O6/c1-4-9-34-29-22(23-13-21(30-35-23)16-5-7-19(26)8-6-16)14-33-20-11-17(24-27-15(2)28-36-24)10-18(12-20)25(31)32-3/h5-8,10-13H,4,9,14H2,1-3H3/b29-22+. The van der Waals surface area contributed by atoms with Crippen LogP contribution in [0.5, 0.6) is 5.75 Å². The normalized spacial score (nSPS) is 11.4. The fourth-order valence-electron chi connectivity index (χ4n) is 3.13. The molecule has 36 heavy (non-hydrogen) atoms. The number of hydrogen-bond donors (Lipinski definition) is 0. The Hall–Kier alpha value is -4.54. The fourth-order valence-corrected chi connectivity index (χ4v) is 3.13. The number of oxime groups is 1. The number of methoxy groups -OCH3 is 1. The van der Waals surface area contributed by atoms with Gasteiger partial charge in [0.25, 0.3) is 5.89 Å². The average molecular weight is 494 g/mol. The number of benzene rings is 2. The molecule has 0 saturated heterocycles. The SMILES string of the molecule is CCCO/N=C(\COc1cc(C(=O)OC)cc(-c2nc(C)no2)c1)c1cc(-c2ccc(F)cc2)no1. The molecule has 2 heterocycles. The lowest BCUT2D eigenvalue weighted by Crippen LogP contribution is -2.14. The quantitative estimate of drug-likeness (QED) is 0.132. The Morgan fingerprint density at radius 1 is 1.06 bits per heavy atom. The van der Waals surface area contributed by atoms with Gasteiger partial charge in [-0.05, 0) is 55.8 Å². The molecule has 2 aromatic heterocycles. The summed E-state index contributed by atoms with van der Waals surface area (Å²) in [6.45, 7) is 3.95. The van der Waals surface area contributed by atoms with Gasteiger partial charge in [0.1, 0.15) is 30.5 Å². The first-order valence-corrected chi connectivity index (χ1v) is 11.1. The van der Waals surface area contributed by atoms with Gasteiger partial charge in [-0.25, -0.2) is 9.18 Å². The molecular formula is C25H23FN4O6. The summed E-state index contributed by atoms with van der Waals surface area (Å²) in [5, 5.41) is 12.0. The van der Waals surface area contributed by atoms with Crippen molar-refractivity contribution in [3.63, 3.8) is 0 Å². The van der Waals surface area contributed by atoms with Gasteiger partial charge in [-0.2, -0.15) is 4.98 Å². The van der Waals surface area contributed by atoms with Gasteiger partial charge >= 0.3 is 5.97 Å². The Balaban J connectivity index is 1.60. The Morgan fingerprint density at radius 2 is 1.86 bits per heavy atom. The maximum atomic E-state index is 13.3. The molecule has 0 radical (unpaired) electrons. The zero-order valence-corrected chi connectivity index (χ0v) is 19.9. The lowest BCUT2D eigenvalue weighted by Gasteiger charge is -2.10. The van der Waals surface area contributed by atoms with Gasteiger partial charge < -0.3 is 23.4 Å². The van der Waals surface area contributed by atoms with Crippen molar-refractivity contribution in [3.05, 3.63) is 71.5 Å². The summed E-state index contributed by atoms with van der Waals surface area (Å²) >= 11 is 0. The maximum Gasteiger partial charge on any atom is 0.338 e. The Kier molecular flexibility index (Phi) is 7.69. The molecule has 0 atom stereocenters. The predicted octanol–water partition coefficient (Wildman–Crippen LogP) is 4.84. The number of aryl methyl sites for hydroxylation is 1. The van der Waals surface area contributed by atoms with Crippen LogP contribution >= 0.6 is 0 Å². The first kappa shape index (κ1) is 24.6. The van der Waals surface area contributed by atoms with Crippen molar-refractivity contribution in [2.45, 2.75) is 20.3 Å². The van der Waals surface area contributed by atoms with Gasteiger partial charge in [-0.3, -0.25) is 0 Å². The van der Waals surface area contributed by atoms with Crippen LogP contribution in [0.4, 0.5) is 4.39 Å². The molecule has 0 aliphatic carbocycles. The van der Waals surface area contributed by atoms with Gasteiger partial charge in [0.15, 0.2) is 17.3 Å². The van der Waals surface area contributed by atoms with E-state index in [1.807, 2.05) is 6.92 Å². The number of nitrogens with zero attached hydrogens (tertiary/aromatic N) is 4. The largest absolute Gasteiger partial charge is 0.487 e. The van der Waals surface area contributed by atoms with Crippen molar-refractivity contribution >= 4 is 11.7 Å². The summed E-state index contributed by atoms with van der Waals surface area (Å²) in [5.41, 5.74) is 2.21. The zero-order valence-electron chi connectivity index (χ0n) is 19.9. The van der Waals surface area contributed by atoms with Crippen molar-refractivity contribution in [2.75, 3.05) is 20.3 Å². The maximum absolute atomic E-state index is 13.3. The van der Waals surface area contributed by atoms with E-state index in [0.717, 1.165) is 6.42 Å². The van der Waals surface area contributed by atoms with Gasteiger partial charge in [0.05, 0.1) is 12.7 Å². The first-order chi connectivity index (χ1) is 17.5. The monoisotopic (exact) mass is 494 g/mol. The van der Waals surface area contributed by atoms with E-state index in [1.165, 1.54) is 25.3 Å². The lowest BCUT2D eigenvalue weighted by molar-refractivity contribution is 0.0600. The smallest absolute Gasteiger partial charge is 0.338 e. The molecule has 0 N–H and O–H groups in total. The number of halogens is 1. The Morgan fingerprint density at radius 3 is 2.56 bits per heavy atom. The van der Waals surface area contributed by atoms with Crippen LogP contribution in [0.15, 0.2) is 62.7 Å². The molecular weight excluding hydrogens is 471 g/mol. The Bertz CT molecular complexity index is 1360. The van der Waals surface area contributed by atoms with Gasteiger partial charge in [0, 0.05) is 17.2 Å². The molecule has 0 bridgehead atoms. The van der Waals surface area contributed by atoms with Gasteiger partial charge in [-0.15, -0.1) is 0 Å². The second-order valence-corrected chi connectivity index (χ2v) is 7.63. The third-order valence-corrected chi connectivity index (χ3v) is 4.88. The molecule has 11 heteroatoms. The third kappa shape index (κ3) is 5.93. The minimum atomic E-state index is -0.558. The molecule has 0 spiro atoms. The number of ether oxygens (including phenoxy) is 2. The number of rotatable bonds is 10. The fraction of sp³-hybridized carbons (Fsp3) is 0.240. The number of carbonyl (C=O) groups is 1. The van der Waals surface area contributed by atoms with Crippen LogP contribution in [0.3, 0.4) is 0 Å². The molecule has 0 saturated carbocycles. The lowest BCUT2D eigenvalue weighted by atomic mass is 10.1. The summed E-state index contributed by atoms with van der Waals surface area (Å²) < 4.78 is 34.8. The Labute approximate surface area is 205 Å². The number of carbonyl (C=O) groups excluding carboxylic acids is 1. The topological polar surface area (TPSA) is 122 Å². The van der Waals surface area contributed by atoms with Crippen molar-refractivity contribution in [1.29, 1.82) is 0 Å². The van der Waals surface area contributed by atoms with E-state index in [9.17, 15) is 9.18 Å². The van der Waals surface area contributed by atoms with E-state index >= 15 is 0 Å². The molecule has 0 aliphatic rings. The number of hydrogen-bond acceptors (Lipinski definition) is 10. The second-order valence-electron chi connectivity index (χ2n) is 7.63. The summed E-state index contributed by atoms with van der Waals surface area (Å²) in [6, 6.07) is 12.3. The van der Waals surface area contributed by atoms with E-state index in [4.69, 9.17) is 23.4 Å².